The number of esters is 4. The summed E-state index contributed by atoms with van der Waals surface area (Å²) in [7, 11) is 1.28. The molecule has 1 aromatic rings. The molecule has 12 nitrogen and oxygen atoms in total. The molecule has 0 saturated heterocycles. The minimum absolute atomic E-state index is 0.0659. The van der Waals surface area contributed by atoms with E-state index in [1.807, 2.05) is 0 Å². The molecule has 0 bridgehead atoms. The molecule has 0 amide bonds. The van der Waals surface area contributed by atoms with Gasteiger partial charge < -0.3 is 28.8 Å². The van der Waals surface area contributed by atoms with E-state index in [9.17, 15) is 33.9 Å². The Kier molecular flexibility index (Phi) is 7.03. The van der Waals surface area contributed by atoms with Gasteiger partial charge >= 0.3 is 23.9 Å². The minimum Gasteiger partial charge on any atom is -0.497 e. The normalized spacial score (nSPS) is 24.8. The van der Waals surface area contributed by atoms with Crippen LogP contribution in [0.4, 0.5) is 0 Å². The van der Waals surface area contributed by atoms with E-state index in [4.69, 9.17) is 23.7 Å². The van der Waals surface area contributed by atoms with Crippen LogP contribution in [0, 0.1) is 0 Å². The Balaban J connectivity index is 2.40. The first-order chi connectivity index (χ1) is 16.7. The molecule has 0 fully saturated rings. The number of hydrogen-bond acceptors (Lipinski definition) is 12. The quantitative estimate of drug-likeness (QED) is 0.341. The van der Waals surface area contributed by atoms with Crippen molar-refractivity contribution in [1.82, 2.24) is 0 Å². The highest BCUT2D eigenvalue weighted by Gasteiger charge is 2.61. The number of hydrogen-bond donors (Lipinski definition) is 1. The van der Waals surface area contributed by atoms with Gasteiger partial charge in [0, 0.05) is 39.3 Å². The van der Waals surface area contributed by atoms with Gasteiger partial charge in [0.1, 0.15) is 17.1 Å². The molecule has 0 spiro atoms. The molecule has 4 atom stereocenters. The molecular weight excluding hydrogens is 480 g/mol. The van der Waals surface area contributed by atoms with Crippen molar-refractivity contribution >= 4 is 35.4 Å². The summed E-state index contributed by atoms with van der Waals surface area (Å²) in [6.45, 7) is 5.23. The molecule has 0 radical (unpaired) electrons. The predicted molar refractivity (Wildman–Crippen MR) is 117 cm³/mol. The number of ketones is 2. The van der Waals surface area contributed by atoms with Gasteiger partial charge in [-0.2, -0.15) is 0 Å². The molecular formula is C24H24O12. The van der Waals surface area contributed by atoms with Crippen molar-refractivity contribution < 1.29 is 57.6 Å². The van der Waals surface area contributed by atoms with Gasteiger partial charge in [0.15, 0.2) is 29.9 Å². The molecule has 1 aromatic carbocycles. The Morgan fingerprint density at radius 1 is 0.833 bits per heavy atom. The summed E-state index contributed by atoms with van der Waals surface area (Å²) in [6, 6.07) is 2.43. The standard InChI is InChI=1S/C24H24O12/c1-9(25)33-15-8-13(32-6)7-14-16(15)20(30)17-18(19(14)29)22(35-11(3)27)24(5,31)23(36-12(4)28)21(17)34-10(2)26/h7-8,21-23,31H,1-6H3. The van der Waals surface area contributed by atoms with Gasteiger partial charge in [0.05, 0.1) is 23.8 Å². The Morgan fingerprint density at radius 2 is 1.42 bits per heavy atom. The molecule has 4 unspecified atom stereocenters. The molecule has 2 aliphatic rings. The molecule has 3 rings (SSSR count). The van der Waals surface area contributed by atoms with Gasteiger partial charge in [-0.1, -0.05) is 0 Å². The third kappa shape index (κ3) is 4.59. The number of Topliss-reactive ketones (excluding diaryl/α,β-unsaturated/α-hetero) is 2. The van der Waals surface area contributed by atoms with E-state index >= 15 is 0 Å². The Bertz CT molecular complexity index is 1220. The first kappa shape index (κ1) is 26.5. The van der Waals surface area contributed by atoms with E-state index in [1.165, 1.54) is 19.2 Å². The highest BCUT2D eigenvalue weighted by Crippen LogP contribution is 2.46. The molecule has 12 heteroatoms. The summed E-state index contributed by atoms with van der Waals surface area (Å²) >= 11 is 0. The van der Waals surface area contributed by atoms with Gasteiger partial charge in [-0.15, -0.1) is 0 Å². The molecule has 1 N–H and O–H groups in total. The summed E-state index contributed by atoms with van der Waals surface area (Å²) in [6.07, 6.45) is -5.31. The average molecular weight is 504 g/mol. The second-order valence-electron chi connectivity index (χ2n) is 8.40. The van der Waals surface area contributed by atoms with Crippen LogP contribution in [0.1, 0.15) is 55.3 Å². The lowest BCUT2D eigenvalue weighted by molar-refractivity contribution is -0.206. The Hall–Kier alpha value is -4.06. The van der Waals surface area contributed by atoms with Gasteiger partial charge in [-0.25, -0.2) is 0 Å². The van der Waals surface area contributed by atoms with Crippen molar-refractivity contribution in [3.05, 3.63) is 34.4 Å². The maximum atomic E-state index is 13.9. The SMILES string of the molecule is COc1cc(OC(C)=O)c2c(c1)C(=O)C1=C(C2=O)C(OC(C)=O)C(OC(C)=O)C(C)(O)C1OC(C)=O. The van der Waals surface area contributed by atoms with E-state index in [0.29, 0.717) is 0 Å². The number of ether oxygens (including phenoxy) is 5. The number of carbonyl (C=O) groups excluding carboxylic acids is 6. The lowest BCUT2D eigenvalue weighted by atomic mass is 9.68. The Morgan fingerprint density at radius 3 is 1.92 bits per heavy atom. The van der Waals surface area contributed by atoms with Gasteiger partial charge in [-0.05, 0) is 13.0 Å². The zero-order valence-electron chi connectivity index (χ0n) is 20.3. The van der Waals surface area contributed by atoms with Crippen molar-refractivity contribution in [3.8, 4) is 11.5 Å². The number of methoxy groups -OCH3 is 1. The fourth-order valence-electron chi connectivity index (χ4n) is 4.33. The molecule has 2 aliphatic carbocycles. The van der Waals surface area contributed by atoms with Crippen LogP contribution < -0.4 is 9.47 Å². The third-order valence-electron chi connectivity index (χ3n) is 5.61. The number of benzene rings is 1. The van der Waals surface area contributed by atoms with Crippen LogP contribution in [-0.4, -0.2) is 71.6 Å². The lowest BCUT2D eigenvalue weighted by Crippen LogP contribution is -2.64. The van der Waals surface area contributed by atoms with Crippen LogP contribution in [0.5, 0.6) is 11.5 Å². The third-order valence-corrected chi connectivity index (χ3v) is 5.61. The fraction of sp³-hybridized carbons (Fsp3) is 0.417. The summed E-state index contributed by atoms with van der Waals surface area (Å²) < 4.78 is 26.1. The van der Waals surface area contributed by atoms with Crippen molar-refractivity contribution in [2.45, 2.75) is 58.5 Å². The summed E-state index contributed by atoms with van der Waals surface area (Å²) in [4.78, 5) is 75.2. The lowest BCUT2D eigenvalue weighted by Gasteiger charge is -2.47. The van der Waals surface area contributed by atoms with Crippen LogP contribution in [0.25, 0.3) is 0 Å². The molecule has 0 heterocycles. The van der Waals surface area contributed by atoms with E-state index in [2.05, 4.69) is 0 Å². The fourth-order valence-corrected chi connectivity index (χ4v) is 4.33. The zero-order valence-corrected chi connectivity index (χ0v) is 20.3. The van der Waals surface area contributed by atoms with Crippen LogP contribution in [0.3, 0.4) is 0 Å². The van der Waals surface area contributed by atoms with Crippen LogP contribution in [0.15, 0.2) is 23.3 Å². The maximum absolute atomic E-state index is 13.9. The second kappa shape index (κ2) is 9.53. The largest absolute Gasteiger partial charge is 0.497 e. The molecule has 36 heavy (non-hydrogen) atoms. The minimum atomic E-state index is -2.32. The summed E-state index contributed by atoms with van der Waals surface area (Å²) in [5, 5.41) is 11.4. The van der Waals surface area contributed by atoms with Gasteiger partial charge in [-0.3, -0.25) is 28.8 Å². The first-order valence-corrected chi connectivity index (χ1v) is 10.7. The molecule has 0 saturated carbocycles. The smallest absolute Gasteiger partial charge is 0.308 e. The number of rotatable bonds is 5. The van der Waals surface area contributed by atoms with Gasteiger partial charge in [0.2, 0.25) is 0 Å². The molecule has 192 valence electrons. The van der Waals surface area contributed by atoms with E-state index in [1.54, 1.807) is 0 Å². The van der Waals surface area contributed by atoms with Crippen molar-refractivity contribution in [2.24, 2.45) is 0 Å². The van der Waals surface area contributed by atoms with Crippen molar-refractivity contribution in [3.63, 3.8) is 0 Å². The topological polar surface area (TPSA) is 169 Å². The van der Waals surface area contributed by atoms with E-state index < -0.39 is 70.5 Å². The van der Waals surface area contributed by atoms with Crippen molar-refractivity contribution in [2.75, 3.05) is 7.11 Å². The van der Waals surface area contributed by atoms with Crippen molar-refractivity contribution in [1.29, 1.82) is 0 Å². The molecule has 0 aliphatic heterocycles. The summed E-state index contributed by atoms with van der Waals surface area (Å²) in [5.74, 6) is -5.63. The van der Waals surface area contributed by atoms with E-state index in [-0.39, 0.29) is 22.6 Å². The predicted octanol–water partition coefficient (Wildman–Crippen LogP) is 0.856. The van der Waals surface area contributed by atoms with Crippen LogP contribution >= 0.6 is 0 Å². The number of fused-ring (bicyclic) bond motifs is 1. The van der Waals surface area contributed by atoms with Crippen LogP contribution in [0.2, 0.25) is 0 Å². The second-order valence-corrected chi connectivity index (χ2v) is 8.40. The van der Waals surface area contributed by atoms with Gasteiger partial charge in [0.25, 0.3) is 0 Å². The average Bonchev–Trinajstić information content (AvgIpc) is 2.74. The zero-order chi connectivity index (χ0) is 27.1. The highest BCUT2D eigenvalue weighted by molar-refractivity contribution is 6.29. The highest BCUT2D eigenvalue weighted by atomic mass is 16.6. The maximum Gasteiger partial charge on any atom is 0.308 e. The Labute approximate surface area is 205 Å². The molecule has 0 aromatic heterocycles. The summed E-state index contributed by atoms with van der Waals surface area (Å²) in [5.41, 5.74) is -3.91. The first-order valence-electron chi connectivity index (χ1n) is 10.7. The van der Waals surface area contributed by atoms with E-state index in [0.717, 1.165) is 34.6 Å². The monoisotopic (exact) mass is 504 g/mol. The number of carbonyl (C=O) groups is 6. The van der Waals surface area contributed by atoms with Crippen LogP contribution in [-0.2, 0) is 33.4 Å². The number of aliphatic hydroxyl groups is 1.